The average molecular weight is 1130 g/mol. The quantitative estimate of drug-likeness (QED) is 0.0411. The summed E-state index contributed by atoms with van der Waals surface area (Å²) in [6.07, 6.45) is -39.2. The van der Waals surface area contributed by atoms with Crippen molar-refractivity contribution in [2.75, 3.05) is 33.0 Å². The van der Waals surface area contributed by atoms with Gasteiger partial charge in [0.1, 0.15) is 122 Å². The molecule has 17 N–H and O–H groups in total. The van der Waals surface area contributed by atoms with Crippen LogP contribution in [0.1, 0.15) is 71.6 Å². The Balaban J connectivity index is 0.933. The van der Waals surface area contributed by atoms with Crippen molar-refractivity contribution in [3.8, 4) is 0 Å². The lowest BCUT2D eigenvalue weighted by molar-refractivity contribution is -0.400. The summed E-state index contributed by atoms with van der Waals surface area (Å²) in [6, 6.07) is 0. The summed E-state index contributed by atoms with van der Waals surface area (Å²) < 4.78 is 59.7. The van der Waals surface area contributed by atoms with Gasteiger partial charge in [0.05, 0.1) is 44.1 Å². The van der Waals surface area contributed by atoms with Crippen LogP contribution in [0.3, 0.4) is 0 Å². The number of carbonyl (C=O) groups is 1. The Morgan fingerprint density at radius 1 is 0.513 bits per heavy atom. The Hall–Kier alpha value is -1.83. The van der Waals surface area contributed by atoms with Gasteiger partial charge in [0.25, 0.3) is 0 Å². The summed E-state index contributed by atoms with van der Waals surface area (Å²) >= 11 is 0. The summed E-state index contributed by atoms with van der Waals surface area (Å²) in [4.78, 5) is 14.7. The standard InChI is InChI=1S/C50H80O28/c1-18-11-49-9-5-24-47(2,7-4-8-48(24,3)46(68)77-44-38(67)34(63)29(58)23(74-44)16-69-41-35(64)31(60)26(55)19(12-51)70-41)25(49)6-10-50(18,17-49)78-45-40(76-43-37(66)33(62)28(57)21(14-53)72-43)39(30(59)22(15-54)73-45)75-42-36(65)32(61)27(56)20(13-52)71-42/h19-45,51-67H,1,4-17H2,2-3H3/t19?,20?,21?,22?,23?,24-,25-,26+,27+,28+,29+,30+,31?,32?,33?,34?,35?,36?,37?,38?,39?,40?,41+,42-,43-,44-,45-,47+,48+,49+,50-/m0/s1. The normalized spacial score (nSPS) is 54.5. The van der Waals surface area contributed by atoms with Crippen molar-refractivity contribution < 1.29 is 139 Å². The molecule has 9 aliphatic rings. The van der Waals surface area contributed by atoms with E-state index in [1.54, 1.807) is 6.92 Å². The van der Waals surface area contributed by atoms with Crippen molar-refractivity contribution in [3.63, 3.8) is 0 Å². The zero-order chi connectivity index (χ0) is 56.7. The van der Waals surface area contributed by atoms with Crippen LogP contribution in [0.4, 0.5) is 0 Å². The topological polar surface area (TPSA) is 453 Å². The second-order valence-electron chi connectivity index (χ2n) is 23.7. The Morgan fingerprint density at radius 2 is 0.962 bits per heavy atom. The Bertz CT molecular complexity index is 2070. The SMILES string of the molecule is C=C1C[C@@]23CC[C@H]4[C@@](C)(CCC[C@@]4(C)C(=O)O[C@@H]4OC(CO[C@@H]5OC(CO)[C@@H](O)C(O)C5O)[C@@H](O)C(O)C4O)[C@@H]2CC[C@]1(O[C@@H]1OC(CO)[C@@H](O)C(O[C@@H]2OC(CO)[C@@H](O)C(O)C2O)C1O[C@@H]1OC(CO)[C@@H](O)C(O)C1O)C3. The highest BCUT2D eigenvalue weighted by Crippen LogP contribution is 2.74. The molecule has 0 aromatic rings. The number of hydrogen-bond donors (Lipinski definition) is 17. The molecule has 28 nitrogen and oxygen atoms in total. The summed E-state index contributed by atoms with van der Waals surface area (Å²) in [6.45, 7) is 4.59. The third-order valence-electron chi connectivity index (χ3n) is 19.2. The van der Waals surface area contributed by atoms with Crippen LogP contribution >= 0.6 is 0 Å². The van der Waals surface area contributed by atoms with E-state index in [1.807, 2.05) is 0 Å². The van der Waals surface area contributed by atoms with Gasteiger partial charge in [0.2, 0.25) is 6.29 Å². The van der Waals surface area contributed by atoms with Crippen LogP contribution in [0, 0.1) is 28.1 Å². The number of aliphatic hydroxyl groups excluding tert-OH is 17. The van der Waals surface area contributed by atoms with Gasteiger partial charge in [-0.1, -0.05) is 19.9 Å². The minimum absolute atomic E-state index is 0.0488. The van der Waals surface area contributed by atoms with Crippen LogP contribution in [0.5, 0.6) is 0 Å². The number of ether oxygens (including phenoxy) is 10. The highest BCUT2D eigenvalue weighted by Gasteiger charge is 2.70. The molecular weight excluding hydrogens is 1050 g/mol. The molecule has 5 saturated heterocycles. The van der Waals surface area contributed by atoms with E-state index in [2.05, 4.69) is 13.5 Å². The molecule has 9 rings (SSSR count). The van der Waals surface area contributed by atoms with Gasteiger partial charge >= 0.3 is 5.97 Å². The lowest BCUT2D eigenvalue weighted by Crippen LogP contribution is -2.68. The molecule has 31 atom stereocenters. The lowest BCUT2D eigenvalue weighted by atomic mass is 9.41. The van der Waals surface area contributed by atoms with Crippen LogP contribution in [-0.4, -0.2) is 285 Å². The van der Waals surface area contributed by atoms with Gasteiger partial charge in [-0.2, -0.15) is 0 Å². The van der Waals surface area contributed by atoms with Crippen LogP contribution in [0.2, 0.25) is 0 Å². The molecule has 0 amide bonds. The van der Waals surface area contributed by atoms with Gasteiger partial charge < -0.3 is 134 Å². The maximum atomic E-state index is 14.7. The minimum Gasteiger partial charge on any atom is -0.432 e. The molecule has 15 unspecified atom stereocenters. The first kappa shape index (κ1) is 60.8. The number of aliphatic hydroxyl groups is 17. The molecule has 4 aliphatic carbocycles. The van der Waals surface area contributed by atoms with Gasteiger partial charge in [-0.05, 0) is 86.5 Å². The van der Waals surface area contributed by atoms with Crippen molar-refractivity contribution in [1.29, 1.82) is 0 Å². The zero-order valence-corrected chi connectivity index (χ0v) is 43.3. The number of carbonyl (C=O) groups excluding carboxylic acids is 1. The van der Waals surface area contributed by atoms with E-state index in [0.29, 0.717) is 63.4 Å². The summed E-state index contributed by atoms with van der Waals surface area (Å²) in [5.74, 6) is -1.07. The predicted molar refractivity (Wildman–Crippen MR) is 252 cm³/mol. The van der Waals surface area contributed by atoms with E-state index in [1.165, 1.54) is 0 Å². The first-order chi connectivity index (χ1) is 36.8. The predicted octanol–water partition coefficient (Wildman–Crippen LogP) is -7.29. The van der Waals surface area contributed by atoms with E-state index < -0.39 is 214 Å². The molecule has 28 heteroatoms. The Kier molecular flexibility index (Phi) is 18.2. The third-order valence-corrected chi connectivity index (χ3v) is 19.2. The monoisotopic (exact) mass is 1130 g/mol. The second-order valence-corrected chi connectivity index (χ2v) is 23.7. The fraction of sp³-hybridized carbons (Fsp3) is 0.940. The molecule has 5 heterocycles. The van der Waals surface area contributed by atoms with E-state index in [9.17, 15) is 91.6 Å². The Morgan fingerprint density at radius 3 is 1.51 bits per heavy atom. The van der Waals surface area contributed by atoms with Gasteiger partial charge in [0, 0.05) is 0 Å². The molecule has 0 aromatic heterocycles. The average Bonchev–Trinajstić information content (AvgIpc) is 3.54. The molecule has 0 radical (unpaired) electrons. The number of fused-ring (bicyclic) bond motifs is 3. The molecule has 448 valence electrons. The number of rotatable bonds is 15. The van der Waals surface area contributed by atoms with Crippen molar-refractivity contribution in [2.24, 2.45) is 28.1 Å². The number of esters is 1. The van der Waals surface area contributed by atoms with Crippen molar-refractivity contribution in [3.05, 3.63) is 12.2 Å². The third kappa shape index (κ3) is 10.4. The van der Waals surface area contributed by atoms with Crippen LogP contribution in [-0.2, 0) is 52.2 Å². The van der Waals surface area contributed by atoms with E-state index >= 15 is 0 Å². The van der Waals surface area contributed by atoms with Crippen molar-refractivity contribution >= 4 is 5.97 Å². The fourth-order valence-corrected chi connectivity index (χ4v) is 14.9. The lowest BCUT2D eigenvalue weighted by Gasteiger charge is -2.64. The smallest absolute Gasteiger partial charge is 0.314 e. The highest BCUT2D eigenvalue weighted by atomic mass is 16.8. The van der Waals surface area contributed by atoms with E-state index in [4.69, 9.17) is 47.4 Å². The summed E-state index contributed by atoms with van der Waals surface area (Å²) in [5, 5.41) is 180. The summed E-state index contributed by atoms with van der Waals surface area (Å²) in [7, 11) is 0. The zero-order valence-electron chi connectivity index (χ0n) is 43.3. The molecule has 4 saturated carbocycles. The van der Waals surface area contributed by atoms with Crippen LogP contribution in [0.15, 0.2) is 12.2 Å². The number of hydrogen-bond acceptors (Lipinski definition) is 28. The van der Waals surface area contributed by atoms with E-state index in [-0.39, 0.29) is 11.8 Å². The van der Waals surface area contributed by atoms with Gasteiger partial charge in [-0.25, -0.2) is 0 Å². The van der Waals surface area contributed by atoms with Crippen molar-refractivity contribution in [2.45, 2.75) is 231 Å². The molecule has 0 aromatic carbocycles. The minimum atomic E-state index is -1.99. The van der Waals surface area contributed by atoms with Gasteiger partial charge in [-0.15, -0.1) is 0 Å². The van der Waals surface area contributed by atoms with Gasteiger partial charge in [0.15, 0.2) is 25.2 Å². The first-order valence-electron chi connectivity index (χ1n) is 26.9. The molecule has 2 bridgehead atoms. The molecule has 1 spiro atoms. The van der Waals surface area contributed by atoms with Crippen LogP contribution < -0.4 is 0 Å². The molecule has 5 aliphatic heterocycles. The van der Waals surface area contributed by atoms with Crippen molar-refractivity contribution in [1.82, 2.24) is 0 Å². The molecule has 78 heavy (non-hydrogen) atoms. The molecular formula is C50H80O28. The van der Waals surface area contributed by atoms with E-state index in [0.717, 1.165) is 0 Å². The second kappa shape index (κ2) is 23.3. The van der Waals surface area contributed by atoms with Crippen LogP contribution in [0.25, 0.3) is 0 Å². The van der Waals surface area contributed by atoms with Gasteiger partial charge in [-0.3, -0.25) is 4.79 Å². The maximum Gasteiger partial charge on any atom is 0.314 e. The Labute approximate surface area is 448 Å². The first-order valence-corrected chi connectivity index (χ1v) is 26.9. The fourth-order valence-electron chi connectivity index (χ4n) is 14.9. The highest BCUT2D eigenvalue weighted by molar-refractivity contribution is 5.77. The molecule has 9 fully saturated rings. The largest absolute Gasteiger partial charge is 0.432 e. The summed E-state index contributed by atoms with van der Waals surface area (Å²) in [5.41, 5.74) is -2.70. The maximum absolute atomic E-state index is 14.7.